The third-order valence-corrected chi connectivity index (χ3v) is 4.16. The molecule has 1 aromatic rings. The van der Waals surface area contributed by atoms with Gasteiger partial charge in [-0.1, -0.05) is 11.6 Å². The van der Waals surface area contributed by atoms with Gasteiger partial charge >= 0.3 is 5.97 Å². The number of esters is 1. The van der Waals surface area contributed by atoms with Crippen molar-refractivity contribution in [3.8, 4) is 0 Å². The molecular weight excluding hydrogens is 272 g/mol. The van der Waals surface area contributed by atoms with Crippen molar-refractivity contribution >= 4 is 28.9 Å². The maximum atomic E-state index is 11.9. The summed E-state index contributed by atoms with van der Waals surface area (Å²) in [4.78, 5) is 15.2. The molecule has 100 valence electrons. The van der Waals surface area contributed by atoms with E-state index < -0.39 is 0 Å². The first kappa shape index (κ1) is 13.8. The van der Waals surface area contributed by atoms with Gasteiger partial charge in [0.15, 0.2) is 0 Å². The van der Waals surface area contributed by atoms with Crippen LogP contribution in [-0.4, -0.2) is 43.2 Å². The summed E-state index contributed by atoms with van der Waals surface area (Å²) in [6.07, 6.45) is 0. The lowest BCUT2D eigenvalue weighted by atomic mass is 10.2. The topological polar surface area (TPSA) is 41.6 Å². The van der Waals surface area contributed by atoms with Crippen LogP contribution in [0.5, 0.6) is 0 Å². The van der Waals surface area contributed by atoms with Gasteiger partial charge in [-0.3, -0.25) is 9.69 Å². The zero-order chi connectivity index (χ0) is 13.0. The van der Waals surface area contributed by atoms with Gasteiger partial charge in [-0.15, -0.1) is 11.3 Å². The zero-order valence-electron chi connectivity index (χ0n) is 10.3. The van der Waals surface area contributed by atoms with E-state index in [4.69, 9.17) is 16.3 Å². The van der Waals surface area contributed by atoms with E-state index in [1.807, 2.05) is 18.4 Å². The fourth-order valence-corrected chi connectivity index (χ4v) is 3.14. The second-order valence-corrected chi connectivity index (χ2v) is 5.61. The van der Waals surface area contributed by atoms with E-state index in [2.05, 4.69) is 10.2 Å². The summed E-state index contributed by atoms with van der Waals surface area (Å²) in [6.45, 7) is 5.40. The molecule has 0 radical (unpaired) electrons. The molecule has 1 aliphatic rings. The lowest BCUT2D eigenvalue weighted by Crippen LogP contribution is -2.54. The minimum atomic E-state index is -0.195. The van der Waals surface area contributed by atoms with Crippen LogP contribution in [0, 0.1) is 0 Å². The summed E-state index contributed by atoms with van der Waals surface area (Å²) in [6, 6.07) is 1.76. The van der Waals surface area contributed by atoms with Crippen LogP contribution in [0.15, 0.2) is 11.4 Å². The normalized spacial score (nSPS) is 20.9. The van der Waals surface area contributed by atoms with Crippen molar-refractivity contribution in [3.63, 3.8) is 0 Å². The van der Waals surface area contributed by atoms with Gasteiger partial charge in [-0.25, -0.2) is 0 Å². The lowest BCUT2D eigenvalue weighted by Gasteiger charge is -2.34. The lowest BCUT2D eigenvalue weighted by molar-refractivity contribution is -0.150. The molecule has 1 fully saturated rings. The predicted molar refractivity (Wildman–Crippen MR) is 73.0 cm³/mol. The van der Waals surface area contributed by atoms with Gasteiger partial charge < -0.3 is 10.1 Å². The SMILES string of the molecule is CCOC(=O)C1CNCCN1Cc1cc(Cl)cs1. The molecule has 0 saturated carbocycles. The van der Waals surface area contributed by atoms with Crippen molar-refractivity contribution in [2.24, 2.45) is 0 Å². The van der Waals surface area contributed by atoms with E-state index in [-0.39, 0.29) is 12.0 Å². The Labute approximate surface area is 116 Å². The molecular formula is C12H17ClN2O2S. The number of piperazine rings is 1. The molecule has 1 unspecified atom stereocenters. The van der Waals surface area contributed by atoms with Gasteiger partial charge in [0.2, 0.25) is 0 Å². The van der Waals surface area contributed by atoms with Crippen LogP contribution in [-0.2, 0) is 16.1 Å². The van der Waals surface area contributed by atoms with Gasteiger partial charge in [0, 0.05) is 36.4 Å². The minimum Gasteiger partial charge on any atom is -0.465 e. The Morgan fingerprint density at radius 2 is 2.56 bits per heavy atom. The molecule has 18 heavy (non-hydrogen) atoms. The summed E-state index contributed by atoms with van der Waals surface area (Å²) < 4.78 is 5.11. The molecule has 1 saturated heterocycles. The fraction of sp³-hybridized carbons (Fsp3) is 0.583. The average Bonchev–Trinajstić information content (AvgIpc) is 2.76. The Morgan fingerprint density at radius 1 is 1.72 bits per heavy atom. The monoisotopic (exact) mass is 288 g/mol. The molecule has 4 nitrogen and oxygen atoms in total. The molecule has 1 aliphatic heterocycles. The Morgan fingerprint density at radius 3 is 3.22 bits per heavy atom. The zero-order valence-corrected chi connectivity index (χ0v) is 11.9. The molecule has 1 aromatic heterocycles. The van der Waals surface area contributed by atoms with E-state index in [1.54, 1.807) is 11.3 Å². The highest BCUT2D eigenvalue weighted by atomic mass is 35.5. The number of ether oxygens (including phenoxy) is 1. The summed E-state index contributed by atoms with van der Waals surface area (Å²) in [5.41, 5.74) is 0. The molecule has 0 spiro atoms. The Kier molecular flexibility index (Phi) is 5.00. The standard InChI is InChI=1S/C12H17ClN2O2S/c1-2-17-12(16)11-6-14-3-4-15(11)7-10-5-9(13)8-18-10/h5,8,11,14H,2-4,6-7H2,1H3. The van der Waals surface area contributed by atoms with Crippen LogP contribution in [0.25, 0.3) is 0 Å². The van der Waals surface area contributed by atoms with Gasteiger partial charge in [-0.2, -0.15) is 0 Å². The summed E-state index contributed by atoms with van der Waals surface area (Å²) >= 11 is 7.54. The Bertz CT molecular complexity index is 411. The van der Waals surface area contributed by atoms with Crippen molar-refractivity contribution < 1.29 is 9.53 Å². The van der Waals surface area contributed by atoms with Crippen LogP contribution < -0.4 is 5.32 Å². The van der Waals surface area contributed by atoms with Gasteiger partial charge in [0.05, 0.1) is 11.6 Å². The number of rotatable bonds is 4. The number of nitrogens with one attached hydrogen (secondary N) is 1. The third-order valence-electron chi connectivity index (χ3n) is 2.89. The number of nitrogens with zero attached hydrogens (tertiary/aromatic N) is 1. The van der Waals surface area contributed by atoms with Crippen LogP contribution in [0.3, 0.4) is 0 Å². The number of thiophene rings is 1. The predicted octanol–water partition coefficient (Wildman–Crippen LogP) is 1.74. The maximum absolute atomic E-state index is 11.9. The fourth-order valence-electron chi connectivity index (χ4n) is 2.04. The molecule has 0 aliphatic carbocycles. The minimum absolute atomic E-state index is 0.146. The average molecular weight is 289 g/mol. The molecule has 0 amide bonds. The first-order chi connectivity index (χ1) is 8.70. The Hall–Kier alpha value is -0.620. The number of hydrogen-bond acceptors (Lipinski definition) is 5. The smallest absolute Gasteiger partial charge is 0.324 e. The van der Waals surface area contributed by atoms with E-state index in [1.165, 1.54) is 4.88 Å². The van der Waals surface area contributed by atoms with Gasteiger partial charge in [-0.05, 0) is 13.0 Å². The van der Waals surface area contributed by atoms with Crippen molar-refractivity contribution in [1.29, 1.82) is 0 Å². The van der Waals surface area contributed by atoms with Gasteiger partial charge in [0.25, 0.3) is 0 Å². The molecule has 1 atom stereocenters. The second-order valence-electron chi connectivity index (χ2n) is 4.17. The largest absolute Gasteiger partial charge is 0.465 e. The summed E-state index contributed by atoms with van der Waals surface area (Å²) in [5, 5.41) is 5.91. The Balaban J connectivity index is 2.01. The van der Waals surface area contributed by atoms with Crippen LogP contribution in [0.2, 0.25) is 5.02 Å². The molecule has 0 bridgehead atoms. The highest BCUT2D eigenvalue weighted by molar-refractivity contribution is 7.10. The molecule has 6 heteroatoms. The first-order valence-electron chi connectivity index (χ1n) is 6.05. The van der Waals surface area contributed by atoms with Crippen LogP contribution in [0.4, 0.5) is 0 Å². The van der Waals surface area contributed by atoms with E-state index in [0.29, 0.717) is 13.2 Å². The van der Waals surface area contributed by atoms with Crippen molar-refractivity contribution in [2.75, 3.05) is 26.2 Å². The summed E-state index contributed by atoms with van der Waals surface area (Å²) in [7, 11) is 0. The summed E-state index contributed by atoms with van der Waals surface area (Å²) in [5.74, 6) is -0.146. The molecule has 2 heterocycles. The quantitative estimate of drug-likeness (QED) is 0.857. The van der Waals surface area contributed by atoms with Crippen molar-refractivity contribution in [1.82, 2.24) is 10.2 Å². The molecule has 2 rings (SSSR count). The maximum Gasteiger partial charge on any atom is 0.324 e. The number of carbonyl (C=O) groups is 1. The highest BCUT2D eigenvalue weighted by Crippen LogP contribution is 2.22. The van der Waals surface area contributed by atoms with E-state index in [0.717, 1.165) is 24.7 Å². The third kappa shape index (κ3) is 3.45. The second kappa shape index (κ2) is 6.52. The molecule has 1 N–H and O–H groups in total. The van der Waals surface area contributed by atoms with Crippen LogP contribution in [0.1, 0.15) is 11.8 Å². The number of carbonyl (C=O) groups excluding carboxylic acids is 1. The first-order valence-corrected chi connectivity index (χ1v) is 7.30. The highest BCUT2D eigenvalue weighted by Gasteiger charge is 2.29. The van der Waals surface area contributed by atoms with Gasteiger partial charge in [0.1, 0.15) is 6.04 Å². The van der Waals surface area contributed by atoms with Crippen molar-refractivity contribution in [3.05, 3.63) is 21.3 Å². The molecule has 0 aromatic carbocycles. The van der Waals surface area contributed by atoms with Crippen molar-refractivity contribution in [2.45, 2.75) is 19.5 Å². The number of hydrogen-bond donors (Lipinski definition) is 1. The number of halogens is 1. The van der Waals surface area contributed by atoms with Crippen LogP contribution >= 0.6 is 22.9 Å². The van der Waals surface area contributed by atoms with E-state index >= 15 is 0 Å². The van der Waals surface area contributed by atoms with E-state index in [9.17, 15) is 4.79 Å².